The van der Waals surface area contributed by atoms with E-state index in [9.17, 15) is 4.39 Å². The Morgan fingerprint density at radius 2 is 1.88 bits per heavy atom. The van der Waals surface area contributed by atoms with Crippen molar-refractivity contribution in [2.24, 2.45) is 5.92 Å². The Kier molecular flexibility index (Phi) is 8.42. The zero-order valence-corrected chi connectivity index (χ0v) is 15.1. The molecule has 2 rings (SSSR count). The summed E-state index contributed by atoms with van der Waals surface area (Å²) in [6.07, 6.45) is 13.0. The molecule has 0 heterocycles. The smallest absolute Gasteiger partial charge is 0.199 e. The number of aryl methyl sites for hydroxylation is 1. The van der Waals surface area contributed by atoms with Gasteiger partial charge in [-0.25, -0.2) is 0 Å². The second kappa shape index (κ2) is 10.8. The molecule has 3 heteroatoms. The predicted octanol–water partition coefficient (Wildman–Crippen LogP) is 6.04. The summed E-state index contributed by atoms with van der Waals surface area (Å²) in [7, 11) is 0. The number of hydrogen-bond acceptors (Lipinski definition) is 2. The third-order valence-corrected chi connectivity index (χ3v) is 4.78. The first-order chi connectivity index (χ1) is 12.2. The van der Waals surface area contributed by atoms with Gasteiger partial charge in [-0.3, -0.25) is 0 Å². The van der Waals surface area contributed by atoms with E-state index >= 15 is 0 Å². The molecule has 0 unspecified atom stereocenters. The van der Waals surface area contributed by atoms with Crippen LogP contribution >= 0.6 is 0 Å². The van der Waals surface area contributed by atoms with Crippen molar-refractivity contribution in [2.45, 2.75) is 64.6 Å². The number of hydrogen-bond donors (Lipinski definition) is 0. The average molecular weight is 341 g/mol. The van der Waals surface area contributed by atoms with Crippen LogP contribution in [-0.4, -0.2) is 6.10 Å². The fraction of sp³-hybridized carbons (Fsp3) is 0.500. The zero-order chi connectivity index (χ0) is 17.9. The molecule has 0 aromatic heterocycles. The molecular formula is C22H28FNO. The standard InChI is InChI=1S/C22H28FNO/c1-2-3-5-18-8-10-20(11-9-18)17-25-22-14-12-19(13-15-22)6-4-7-21(23)16-24/h4,6-11,19,22H,2-3,5,12-15,17H2,1H3/b6-4+,21-7-. The lowest BCUT2D eigenvalue weighted by molar-refractivity contribution is 0.0110. The largest absolute Gasteiger partial charge is 0.374 e. The van der Waals surface area contributed by atoms with E-state index in [0.29, 0.717) is 18.6 Å². The van der Waals surface area contributed by atoms with E-state index in [1.165, 1.54) is 36.1 Å². The lowest BCUT2D eigenvalue weighted by atomic mass is 9.87. The van der Waals surface area contributed by atoms with Gasteiger partial charge in [0.1, 0.15) is 6.07 Å². The fourth-order valence-corrected chi connectivity index (χ4v) is 3.18. The first-order valence-corrected chi connectivity index (χ1v) is 9.34. The molecule has 0 atom stereocenters. The summed E-state index contributed by atoms with van der Waals surface area (Å²) < 4.78 is 18.8. The quantitative estimate of drug-likeness (QED) is 0.427. The van der Waals surface area contributed by atoms with Gasteiger partial charge in [-0.1, -0.05) is 49.8 Å². The third-order valence-electron chi connectivity index (χ3n) is 4.78. The Balaban J connectivity index is 1.69. The second-order valence-electron chi connectivity index (χ2n) is 6.78. The van der Waals surface area contributed by atoms with Crippen molar-refractivity contribution in [3.8, 4) is 6.07 Å². The molecule has 0 aliphatic heterocycles. The van der Waals surface area contributed by atoms with Crippen molar-refractivity contribution in [2.75, 3.05) is 0 Å². The molecule has 0 N–H and O–H groups in total. The Morgan fingerprint density at radius 1 is 1.20 bits per heavy atom. The van der Waals surface area contributed by atoms with Crippen molar-refractivity contribution in [3.63, 3.8) is 0 Å². The lowest BCUT2D eigenvalue weighted by Crippen LogP contribution is -2.20. The van der Waals surface area contributed by atoms with Gasteiger partial charge in [0.25, 0.3) is 0 Å². The number of ether oxygens (including phenoxy) is 1. The van der Waals surface area contributed by atoms with Crippen LogP contribution in [0.5, 0.6) is 0 Å². The maximum atomic E-state index is 12.7. The number of allylic oxidation sites excluding steroid dienone is 4. The van der Waals surface area contributed by atoms with E-state index in [1.54, 1.807) is 6.08 Å². The molecule has 1 saturated carbocycles. The fourth-order valence-electron chi connectivity index (χ4n) is 3.18. The van der Waals surface area contributed by atoms with Crippen LogP contribution in [-0.2, 0) is 17.8 Å². The zero-order valence-electron chi connectivity index (χ0n) is 15.1. The van der Waals surface area contributed by atoms with Gasteiger partial charge >= 0.3 is 0 Å². The van der Waals surface area contributed by atoms with Crippen LogP contribution in [0.4, 0.5) is 4.39 Å². The summed E-state index contributed by atoms with van der Waals surface area (Å²) in [5, 5.41) is 8.37. The van der Waals surface area contributed by atoms with Crippen LogP contribution in [0.2, 0.25) is 0 Å². The first kappa shape index (κ1) is 19.4. The molecule has 25 heavy (non-hydrogen) atoms. The Morgan fingerprint density at radius 3 is 2.52 bits per heavy atom. The highest BCUT2D eigenvalue weighted by Gasteiger charge is 2.19. The molecule has 0 radical (unpaired) electrons. The highest BCUT2D eigenvalue weighted by atomic mass is 19.1. The van der Waals surface area contributed by atoms with Crippen LogP contribution < -0.4 is 0 Å². The number of unbranched alkanes of at least 4 members (excludes halogenated alkanes) is 1. The summed E-state index contributed by atoms with van der Waals surface area (Å²) in [6, 6.07) is 10.3. The van der Waals surface area contributed by atoms with E-state index in [1.807, 2.05) is 6.08 Å². The monoisotopic (exact) mass is 341 g/mol. The van der Waals surface area contributed by atoms with Gasteiger partial charge in [-0.15, -0.1) is 0 Å². The molecule has 1 aliphatic carbocycles. The highest BCUT2D eigenvalue weighted by Crippen LogP contribution is 2.28. The van der Waals surface area contributed by atoms with Gasteiger partial charge < -0.3 is 4.74 Å². The second-order valence-corrected chi connectivity index (χ2v) is 6.78. The maximum Gasteiger partial charge on any atom is 0.199 e. The van der Waals surface area contributed by atoms with Crippen molar-refractivity contribution in [3.05, 3.63) is 59.4 Å². The van der Waals surface area contributed by atoms with E-state index in [-0.39, 0.29) is 0 Å². The Hall–Kier alpha value is -1.92. The van der Waals surface area contributed by atoms with Crippen molar-refractivity contribution < 1.29 is 9.13 Å². The van der Waals surface area contributed by atoms with Crippen molar-refractivity contribution in [1.82, 2.24) is 0 Å². The number of benzene rings is 1. The molecule has 0 amide bonds. The van der Waals surface area contributed by atoms with Crippen molar-refractivity contribution >= 4 is 0 Å². The number of halogens is 1. The average Bonchev–Trinajstić information content (AvgIpc) is 2.66. The molecule has 1 aromatic carbocycles. The molecular weight excluding hydrogens is 313 g/mol. The normalized spacial score (nSPS) is 21.4. The highest BCUT2D eigenvalue weighted by molar-refractivity contribution is 5.22. The Bertz CT molecular complexity index is 604. The summed E-state index contributed by atoms with van der Waals surface area (Å²) in [5.41, 5.74) is 2.64. The van der Waals surface area contributed by atoms with E-state index in [2.05, 4.69) is 31.2 Å². The van der Waals surface area contributed by atoms with Gasteiger partial charge in [0.2, 0.25) is 0 Å². The predicted molar refractivity (Wildman–Crippen MR) is 99.5 cm³/mol. The molecule has 0 saturated heterocycles. The van der Waals surface area contributed by atoms with Crippen LogP contribution in [0.25, 0.3) is 0 Å². The first-order valence-electron chi connectivity index (χ1n) is 9.34. The van der Waals surface area contributed by atoms with Gasteiger partial charge in [0, 0.05) is 0 Å². The van der Waals surface area contributed by atoms with Crippen LogP contribution in [0.15, 0.2) is 48.3 Å². The maximum absolute atomic E-state index is 12.7. The van der Waals surface area contributed by atoms with E-state index < -0.39 is 5.83 Å². The molecule has 0 bridgehead atoms. The Labute approximate surface area is 151 Å². The molecule has 134 valence electrons. The van der Waals surface area contributed by atoms with Gasteiger partial charge in [0.15, 0.2) is 5.83 Å². The number of nitriles is 1. The summed E-state index contributed by atoms with van der Waals surface area (Å²) in [5.74, 6) is -0.283. The third kappa shape index (κ3) is 7.23. The summed E-state index contributed by atoms with van der Waals surface area (Å²) in [4.78, 5) is 0. The summed E-state index contributed by atoms with van der Waals surface area (Å²) in [6.45, 7) is 2.89. The SMILES string of the molecule is CCCCc1ccc(COC2CCC(/C=C/C=C(\F)C#N)CC2)cc1. The van der Waals surface area contributed by atoms with Gasteiger partial charge in [-0.05, 0) is 61.6 Å². The van der Waals surface area contributed by atoms with E-state index in [0.717, 1.165) is 32.1 Å². The molecule has 1 aliphatic rings. The van der Waals surface area contributed by atoms with Crippen LogP contribution in [0, 0.1) is 17.2 Å². The molecule has 2 nitrogen and oxygen atoms in total. The topological polar surface area (TPSA) is 33.0 Å². The number of nitrogens with zero attached hydrogens (tertiary/aromatic N) is 1. The van der Waals surface area contributed by atoms with Crippen LogP contribution in [0.1, 0.15) is 56.6 Å². The van der Waals surface area contributed by atoms with E-state index in [4.69, 9.17) is 10.00 Å². The minimum absolute atomic E-state index is 0.316. The minimum atomic E-state index is -0.742. The molecule has 1 fully saturated rings. The van der Waals surface area contributed by atoms with Crippen LogP contribution in [0.3, 0.4) is 0 Å². The lowest BCUT2D eigenvalue weighted by Gasteiger charge is -2.26. The van der Waals surface area contributed by atoms with Gasteiger partial charge in [0.05, 0.1) is 12.7 Å². The summed E-state index contributed by atoms with van der Waals surface area (Å²) >= 11 is 0. The molecule has 1 aromatic rings. The minimum Gasteiger partial charge on any atom is -0.374 e. The van der Waals surface area contributed by atoms with Crippen molar-refractivity contribution in [1.29, 1.82) is 5.26 Å². The van der Waals surface area contributed by atoms with Gasteiger partial charge in [-0.2, -0.15) is 9.65 Å². The number of rotatable bonds is 8. The molecule has 0 spiro atoms.